The molecule has 1 aliphatic rings. The third kappa shape index (κ3) is 3.44. The van der Waals surface area contributed by atoms with Crippen LogP contribution in [0.15, 0.2) is 54.6 Å². The van der Waals surface area contributed by atoms with E-state index in [1.165, 1.54) is 0 Å². The molecule has 24 heavy (non-hydrogen) atoms. The van der Waals surface area contributed by atoms with Crippen LogP contribution >= 0.6 is 11.6 Å². The zero-order valence-electron chi connectivity index (χ0n) is 13.4. The molecule has 0 radical (unpaired) electrons. The molecule has 1 fully saturated rings. The van der Waals surface area contributed by atoms with Crippen molar-refractivity contribution in [3.8, 4) is 0 Å². The fraction of sp³-hybridized carbons (Fsp3) is 0.263. The molecule has 1 aliphatic carbocycles. The Morgan fingerprint density at radius 3 is 2.21 bits per heavy atom. The van der Waals surface area contributed by atoms with Crippen LogP contribution in [0.3, 0.4) is 0 Å². The maximum atomic E-state index is 12.6. The van der Waals surface area contributed by atoms with Gasteiger partial charge >= 0.3 is 0 Å². The largest absolute Gasteiger partial charge is 0.349 e. The number of anilines is 1. The van der Waals surface area contributed by atoms with Crippen LogP contribution in [0.4, 0.5) is 5.69 Å². The number of hydrogen-bond acceptors (Lipinski definition) is 2. The van der Waals surface area contributed by atoms with E-state index in [0.717, 1.165) is 5.56 Å². The van der Waals surface area contributed by atoms with Crippen LogP contribution in [0.25, 0.3) is 0 Å². The summed E-state index contributed by atoms with van der Waals surface area (Å²) in [5.74, 6) is -0.479. The summed E-state index contributed by atoms with van der Waals surface area (Å²) in [6, 6.07) is 16.4. The molecule has 0 bridgehead atoms. The molecule has 4 nitrogen and oxygen atoms in total. The second-order valence-electron chi connectivity index (χ2n) is 6.15. The van der Waals surface area contributed by atoms with Crippen molar-refractivity contribution in [1.82, 2.24) is 5.32 Å². The summed E-state index contributed by atoms with van der Waals surface area (Å²) in [6.45, 7) is 1.92. The van der Waals surface area contributed by atoms with Crippen LogP contribution in [0, 0.1) is 5.41 Å². The monoisotopic (exact) mass is 342 g/mol. The Bertz CT molecular complexity index is 740. The molecule has 0 heterocycles. The molecule has 1 unspecified atom stereocenters. The molecule has 1 saturated carbocycles. The highest BCUT2D eigenvalue weighted by Crippen LogP contribution is 2.47. The van der Waals surface area contributed by atoms with Crippen molar-refractivity contribution in [3.05, 3.63) is 65.2 Å². The molecule has 2 aromatic carbocycles. The van der Waals surface area contributed by atoms with E-state index in [2.05, 4.69) is 10.6 Å². The van der Waals surface area contributed by atoms with E-state index in [1.807, 2.05) is 37.3 Å². The Kier molecular flexibility index (Phi) is 4.58. The second-order valence-corrected chi connectivity index (χ2v) is 6.59. The minimum atomic E-state index is -0.956. The normalized spacial score (nSPS) is 16.1. The fourth-order valence-electron chi connectivity index (χ4n) is 2.63. The predicted octanol–water partition coefficient (Wildman–Crippen LogP) is 3.94. The number of carbonyl (C=O) groups excluding carboxylic acids is 2. The molecular formula is C19H19ClN2O2. The van der Waals surface area contributed by atoms with Gasteiger partial charge < -0.3 is 10.6 Å². The summed E-state index contributed by atoms with van der Waals surface area (Å²) in [4.78, 5) is 25.1. The van der Waals surface area contributed by atoms with Gasteiger partial charge in [0, 0.05) is 10.7 Å². The van der Waals surface area contributed by atoms with E-state index >= 15 is 0 Å². The van der Waals surface area contributed by atoms with Crippen molar-refractivity contribution in [2.75, 3.05) is 5.32 Å². The van der Waals surface area contributed by atoms with Gasteiger partial charge in [-0.15, -0.1) is 0 Å². The number of rotatable bonds is 5. The van der Waals surface area contributed by atoms with Crippen molar-refractivity contribution in [1.29, 1.82) is 0 Å². The first-order valence-corrected chi connectivity index (χ1v) is 8.32. The van der Waals surface area contributed by atoms with Crippen molar-refractivity contribution in [3.63, 3.8) is 0 Å². The van der Waals surface area contributed by atoms with Gasteiger partial charge in [0.15, 0.2) is 0 Å². The molecule has 1 atom stereocenters. The lowest BCUT2D eigenvalue weighted by Crippen LogP contribution is -2.41. The maximum absolute atomic E-state index is 12.6. The molecule has 0 aliphatic heterocycles. The van der Waals surface area contributed by atoms with Gasteiger partial charge in [-0.3, -0.25) is 9.59 Å². The molecule has 5 heteroatoms. The molecule has 0 saturated heterocycles. The Hall–Kier alpha value is -2.33. The average molecular weight is 343 g/mol. The molecule has 0 aromatic heterocycles. The Balaban J connectivity index is 1.65. The molecule has 124 valence electrons. The summed E-state index contributed by atoms with van der Waals surface area (Å²) in [6.07, 6.45) is 1.14. The van der Waals surface area contributed by atoms with Gasteiger partial charge in [-0.25, -0.2) is 0 Å². The highest BCUT2D eigenvalue weighted by atomic mass is 35.5. The molecule has 0 spiro atoms. The molecule has 3 rings (SSSR count). The summed E-state index contributed by atoms with van der Waals surface area (Å²) < 4.78 is 0. The second kappa shape index (κ2) is 6.65. The lowest BCUT2D eigenvalue weighted by molar-refractivity contribution is -0.134. The number of nitrogens with one attached hydrogen (secondary N) is 2. The predicted molar refractivity (Wildman–Crippen MR) is 94.7 cm³/mol. The van der Waals surface area contributed by atoms with Crippen LogP contribution in [0.1, 0.15) is 31.4 Å². The number of hydrogen-bond donors (Lipinski definition) is 2. The third-order valence-electron chi connectivity index (χ3n) is 4.37. The number of benzene rings is 2. The number of halogens is 1. The number of carbonyl (C=O) groups is 2. The highest BCUT2D eigenvalue weighted by molar-refractivity contribution is 6.30. The first kappa shape index (κ1) is 16.5. The molecular weight excluding hydrogens is 324 g/mol. The minimum absolute atomic E-state index is 0.139. The number of amides is 2. The van der Waals surface area contributed by atoms with Gasteiger partial charge in [0.1, 0.15) is 5.41 Å². The van der Waals surface area contributed by atoms with E-state index in [-0.39, 0.29) is 17.9 Å². The van der Waals surface area contributed by atoms with Gasteiger partial charge in [0.05, 0.1) is 6.04 Å². The summed E-state index contributed by atoms with van der Waals surface area (Å²) in [5, 5.41) is 6.36. The molecule has 2 N–H and O–H groups in total. The maximum Gasteiger partial charge on any atom is 0.240 e. The molecule has 2 aromatic rings. The van der Waals surface area contributed by atoms with Gasteiger partial charge in [0.2, 0.25) is 11.8 Å². The van der Waals surface area contributed by atoms with Crippen LogP contribution in [0.2, 0.25) is 5.02 Å². The summed E-state index contributed by atoms with van der Waals surface area (Å²) >= 11 is 5.84. The third-order valence-corrected chi connectivity index (χ3v) is 4.62. The van der Waals surface area contributed by atoms with Crippen LogP contribution in [-0.4, -0.2) is 11.8 Å². The smallest absolute Gasteiger partial charge is 0.240 e. The minimum Gasteiger partial charge on any atom is -0.349 e. The van der Waals surface area contributed by atoms with E-state index < -0.39 is 5.41 Å². The lowest BCUT2D eigenvalue weighted by atomic mass is 10.0. The Labute approximate surface area is 146 Å². The first-order valence-electron chi connectivity index (χ1n) is 7.94. The average Bonchev–Trinajstić information content (AvgIpc) is 3.39. The fourth-order valence-corrected chi connectivity index (χ4v) is 2.75. The zero-order valence-corrected chi connectivity index (χ0v) is 14.1. The summed E-state index contributed by atoms with van der Waals surface area (Å²) in [5.41, 5.74) is 0.696. The van der Waals surface area contributed by atoms with Crippen LogP contribution < -0.4 is 10.6 Å². The van der Waals surface area contributed by atoms with Crippen molar-refractivity contribution in [2.45, 2.75) is 25.8 Å². The SMILES string of the molecule is CC(NC(=O)C1(C(=O)Nc2ccc(Cl)cc2)CC1)c1ccccc1. The van der Waals surface area contributed by atoms with E-state index in [1.54, 1.807) is 24.3 Å². The lowest BCUT2D eigenvalue weighted by Gasteiger charge is -2.19. The van der Waals surface area contributed by atoms with Crippen LogP contribution in [-0.2, 0) is 9.59 Å². The van der Waals surface area contributed by atoms with Gasteiger partial charge in [-0.05, 0) is 49.6 Å². The first-order chi connectivity index (χ1) is 11.5. The van der Waals surface area contributed by atoms with Gasteiger partial charge in [0.25, 0.3) is 0 Å². The molecule has 2 amide bonds. The quantitative estimate of drug-likeness (QED) is 0.809. The summed E-state index contributed by atoms with van der Waals surface area (Å²) in [7, 11) is 0. The van der Waals surface area contributed by atoms with Crippen molar-refractivity contribution in [2.24, 2.45) is 5.41 Å². The topological polar surface area (TPSA) is 58.2 Å². The Morgan fingerprint density at radius 1 is 1.00 bits per heavy atom. The van der Waals surface area contributed by atoms with Crippen molar-refractivity contribution >= 4 is 29.1 Å². The Morgan fingerprint density at radius 2 is 1.62 bits per heavy atom. The van der Waals surface area contributed by atoms with Crippen LogP contribution in [0.5, 0.6) is 0 Å². The zero-order chi connectivity index (χ0) is 17.2. The van der Waals surface area contributed by atoms with E-state index in [4.69, 9.17) is 11.6 Å². The van der Waals surface area contributed by atoms with Gasteiger partial charge in [-0.2, -0.15) is 0 Å². The van der Waals surface area contributed by atoms with Gasteiger partial charge in [-0.1, -0.05) is 41.9 Å². The van der Waals surface area contributed by atoms with E-state index in [9.17, 15) is 9.59 Å². The standard InChI is InChI=1S/C19H19ClN2O2/c1-13(14-5-3-2-4-6-14)21-17(23)19(11-12-19)18(24)22-16-9-7-15(20)8-10-16/h2-10,13H,11-12H2,1H3,(H,21,23)(H,22,24). The van der Waals surface area contributed by atoms with Crippen molar-refractivity contribution < 1.29 is 9.59 Å². The highest BCUT2D eigenvalue weighted by Gasteiger charge is 2.56. The van der Waals surface area contributed by atoms with E-state index in [0.29, 0.717) is 23.6 Å².